The Hall–Kier alpha value is -3.79. The lowest BCUT2D eigenvalue weighted by Crippen LogP contribution is -2.23. The number of H-pyrrole nitrogens is 1. The van der Waals surface area contributed by atoms with Crippen LogP contribution in [0.3, 0.4) is 0 Å². The second kappa shape index (κ2) is 7.85. The molecular formula is C19H16N4O3. The summed E-state index contributed by atoms with van der Waals surface area (Å²) >= 11 is 0. The van der Waals surface area contributed by atoms with E-state index < -0.39 is 5.91 Å². The fourth-order valence-corrected chi connectivity index (χ4v) is 2.37. The first-order valence-corrected chi connectivity index (χ1v) is 7.81. The number of carbonyl (C=O) groups is 1. The second-order valence-electron chi connectivity index (χ2n) is 5.36. The molecule has 0 fully saturated rings. The summed E-state index contributed by atoms with van der Waals surface area (Å²) in [6.07, 6.45) is 4.59. The number of nitrogens with one attached hydrogen (secondary N) is 2. The average Bonchev–Trinajstić information content (AvgIpc) is 3.36. The van der Waals surface area contributed by atoms with Crippen LogP contribution in [-0.2, 0) is 11.3 Å². The molecule has 0 unspecified atom stereocenters. The van der Waals surface area contributed by atoms with Gasteiger partial charge in [0.25, 0.3) is 5.91 Å². The highest BCUT2D eigenvalue weighted by Gasteiger charge is 2.13. The molecule has 2 heterocycles. The molecule has 7 heteroatoms. The van der Waals surface area contributed by atoms with Gasteiger partial charge in [-0.1, -0.05) is 0 Å². The van der Waals surface area contributed by atoms with Crippen molar-refractivity contribution in [1.29, 1.82) is 5.26 Å². The lowest BCUT2D eigenvalue weighted by molar-refractivity contribution is -0.117. The van der Waals surface area contributed by atoms with Crippen molar-refractivity contribution in [1.82, 2.24) is 15.5 Å². The number of aromatic amines is 1. The maximum atomic E-state index is 12.2. The van der Waals surface area contributed by atoms with Gasteiger partial charge < -0.3 is 14.5 Å². The summed E-state index contributed by atoms with van der Waals surface area (Å²) in [6.45, 7) is 0.210. The Morgan fingerprint density at radius 3 is 2.85 bits per heavy atom. The van der Waals surface area contributed by atoms with Crippen LogP contribution in [0.25, 0.3) is 17.3 Å². The summed E-state index contributed by atoms with van der Waals surface area (Å²) in [5.74, 6) is 0.865. The van der Waals surface area contributed by atoms with Gasteiger partial charge in [-0.15, -0.1) is 0 Å². The third-order valence-electron chi connectivity index (χ3n) is 3.72. The molecule has 3 rings (SSSR count). The van der Waals surface area contributed by atoms with Gasteiger partial charge in [-0.25, -0.2) is 0 Å². The van der Waals surface area contributed by atoms with Crippen molar-refractivity contribution in [3.63, 3.8) is 0 Å². The zero-order valence-electron chi connectivity index (χ0n) is 14.0. The van der Waals surface area contributed by atoms with E-state index in [-0.39, 0.29) is 12.1 Å². The molecule has 0 aliphatic heterocycles. The van der Waals surface area contributed by atoms with Crippen molar-refractivity contribution in [2.24, 2.45) is 0 Å². The molecule has 1 amide bonds. The maximum absolute atomic E-state index is 12.2. The van der Waals surface area contributed by atoms with Crippen LogP contribution in [-0.4, -0.2) is 23.2 Å². The van der Waals surface area contributed by atoms with Crippen LogP contribution in [0.5, 0.6) is 5.75 Å². The van der Waals surface area contributed by atoms with Crippen LogP contribution >= 0.6 is 0 Å². The molecule has 0 aliphatic rings. The molecule has 7 nitrogen and oxygen atoms in total. The van der Waals surface area contributed by atoms with Gasteiger partial charge in [0.2, 0.25) is 0 Å². The zero-order chi connectivity index (χ0) is 18.4. The third kappa shape index (κ3) is 3.82. The van der Waals surface area contributed by atoms with Gasteiger partial charge in [-0.2, -0.15) is 10.4 Å². The Morgan fingerprint density at radius 1 is 1.38 bits per heavy atom. The number of nitriles is 1. The molecule has 0 bridgehead atoms. The van der Waals surface area contributed by atoms with E-state index in [1.165, 1.54) is 12.3 Å². The molecule has 130 valence electrons. The number of nitrogens with zero attached hydrogens (tertiary/aromatic N) is 2. The summed E-state index contributed by atoms with van der Waals surface area (Å²) < 4.78 is 10.3. The molecule has 2 aromatic heterocycles. The van der Waals surface area contributed by atoms with Crippen LogP contribution in [0.4, 0.5) is 0 Å². The average molecular weight is 348 g/mol. The van der Waals surface area contributed by atoms with Crippen molar-refractivity contribution < 1.29 is 13.9 Å². The number of furan rings is 1. The summed E-state index contributed by atoms with van der Waals surface area (Å²) in [5, 5.41) is 18.9. The number of hydrogen-bond acceptors (Lipinski definition) is 5. The molecule has 26 heavy (non-hydrogen) atoms. The first-order chi connectivity index (χ1) is 12.7. The van der Waals surface area contributed by atoms with Crippen molar-refractivity contribution in [3.05, 3.63) is 65.8 Å². The lowest BCUT2D eigenvalue weighted by Gasteiger charge is -2.04. The summed E-state index contributed by atoms with van der Waals surface area (Å²) in [6, 6.07) is 12.8. The van der Waals surface area contributed by atoms with E-state index >= 15 is 0 Å². The van der Waals surface area contributed by atoms with E-state index in [1.54, 1.807) is 25.4 Å². The van der Waals surface area contributed by atoms with Crippen LogP contribution < -0.4 is 10.1 Å². The molecule has 0 spiro atoms. The largest absolute Gasteiger partial charge is 0.497 e. The van der Waals surface area contributed by atoms with Crippen LogP contribution in [0.15, 0.2) is 58.8 Å². The summed E-state index contributed by atoms with van der Waals surface area (Å²) in [4.78, 5) is 12.2. The molecule has 0 atom stereocenters. The van der Waals surface area contributed by atoms with E-state index in [0.717, 1.165) is 11.3 Å². The number of ether oxygens (including phenoxy) is 1. The van der Waals surface area contributed by atoms with Gasteiger partial charge in [0.05, 0.1) is 31.8 Å². The molecule has 0 saturated heterocycles. The quantitative estimate of drug-likeness (QED) is 0.526. The Morgan fingerprint density at radius 2 is 2.19 bits per heavy atom. The number of benzene rings is 1. The minimum absolute atomic E-state index is 0.0206. The molecule has 3 aromatic rings. The van der Waals surface area contributed by atoms with Crippen LogP contribution in [0.1, 0.15) is 11.3 Å². The van der Waals surface area contributed by atoms with Gasteiger partial charge in [0.1, 0.15) is 23.2 Å². The molecule has 0 radical (unpaired) electrons. The van der Waals surface area contributed by atoms with Gasteiger partial charge >= 0.3 is 0 Å². The number of amides is 1. The number of methoxy groups -OCH3 is 1. The summed E-state index contributed by atoms with van der Waals surface area (Å²) in [7, 11) is 1.60. The Balaban J connectivity index is 1.80. The van der Waals surface area contributed by atoms with Crippen LogP contribution in [0.2, 0.25) is 0 Å². The van der Waals surface area contributed by atoms with Crippen LogP contribution in [0, 0.1) is 11.3 Å². The van der Waals surface area contributed by atoms with Crippen molar-refractivity contribution >= 4 is 12.0 Å². The highest BCUT2D eigenvalue weighted by molar-refractivity contribution is 6.02. The monoisotopic (exact) mass is 348 g/mol. The standard InChI is InChI=1S/C19H16N4O3/c1-25-16-6-4-13(5-7-16)18-15(11-22-23-18)9-14(10-20)19(24)21-12-17-3-2-8-26-17/h2-9,11H,12H2,1H3,(H,21,24)(H,22,23). The van der Waals surface area contributed by atoms with Gasteiger partial charge in [0, 0.05) is 11.1 Å². The van der Waals surface area contributed by atoms with Gasteiger partial charge in [0.15, 0.2) is 0 Å². The Bertz CT molecular complexity index is 948. The zero-order valence-corrected chi connectivity index (χ0v) is 14.0. The lowest BCUT2D eigenvalue weighted by atomic mass is 10.1. The fourth-order valence-electron chi connectivity index (χ4n) is 2.37. The molecule has 2 N–H and O–H groups in total. The smallest absolute Gasteiger partial charge is 0.262 e. The Labute approximate surface area is 149 Å². The molecule has 1 aromatic carbocycles. The first kappa shape index (κ1) is 17.0. The SMILES string of the molecule is COc1ccc(-c2[nH]ncc2C=C(C#N)C(=O)NCc2ccco2)cc1. The highest BCUT2D eigenvalue weighted by atomic mass is 16.5. The molecule has 0 saturated carbocycles. The number of rotatable bonds is 6. The van der Waals surface area contributed by atoms with Crippen molar-refractivity contribution in [3.8, 4) is 23.1 Å². The predicted molar refractivity (Wildman–Crippen MR) is 94.7 cm³/mol. The third-order valence-corrected chi connectivity index (χ3v) is 3.72. The first-order valence-electron chi connectivity index (χ1n) is 7.81. The van der Waals surface area contributed by atoms with Crippen molar-refractivity contribution in [2.45, 2.75) is 6.54 Å². The molecular weight excluding hydrogens is 332 g/mol. The number of hydrogen-bond donors (Lipinski definition) is 2. The summed E-state index contributed by atoms with van der Waals surface area (Å²) in [5.41, 5.74) is 2.19. The van der Waals surface area contributed by atoms with E-state index in [1.807, 2.05) is 30.3 Å². The molecule has 0 aliphatic carbocycles. The van der Waals surface area contributed by atoms with Gasteiger partial charge in [-0.05, 0) is 42.5 Å². The van der Waals surface area contributed by atoms with E-state index in [2.05, 4.69) is 15.5 Å². The van der Waals surface area contributed by atoms with Gasteiger partial charge in [-0.3, -0.25) is 9.89 Å². The van der Waals surface area contributed by atoms with E-state index in [9.17, 15) is 10.1 Å². The van der Waals surface area contributed by atoms with E-state index in [4.69, 9.17) is 9.15 Å². The number of carbonyl (C=O) groups excluding carboxylic acids is 1. The fraction of sp³-hybridized carbons (Fsp3) is 0.105. The second-order valence-corrected chi connectivity index (χ2v) is 5.36. The topological polar surface area (TPSA) is 104 Å². The minimum atomic E-state index is -0.481. The maximum Gasteiger partial charge on any atom is 0.262 e. The highest BCUT2D eigenvalue weighted by Crippen LogP contribution is 2.25. The predicted octanol–water partition coefficient (Wildman–Crippen LogP) is 2.90. The normalized spacial score (nSPS) is 11.0. The Kier molecular flexibility index (Phi) is 5.15. The van der Waals surface area contributed by atoms with E-state index in [0.29, 0.717) is 17.0 Å². The number of aromatic nitrogens is 2. The minimum Gasteiger partial charge on any atom is -0.497 e. The van der Waals surface area contributed by atoms with Crippen molar-refractivity contribution in [2.75, 3.05) is 7.11 Å².